The second-order valence-corrected chi connectivity index (χ2v) is 5.00. The fourth-order valence-corrected chi connectivity index (χ4v) is 2.55. The van der Waals surface area contributed by atoms with Crippen LogP contribution in [0.1, 0.15) is 27.4 Å². The highest BCUT2D eigenvalue weighted by molar-refractivity contribution is 5.86. The number of ether oxygens (including phenoxy) is 1. The van der Waals surface area contributed by atoms with Crippen LogP contribution in [0, 0.1) is 0 Å². The third-order valence-corrected chi connectivity index (χ3v) is 3.60. The molecular weight excluding hydrogens is 254 g/mol. The van der Waals surface area contributed by atoms with Gasteiger partial charge in [0.1, 0.15) is 5.76 Å². The van der Waals surface area contributed by atoms with Crippen molar-refractivity contribution in [3.63, 3.8) is 0 Å². The molecule has 0 spiro atoms. The molecule has 3 rings (SSSR count). The molecule has 0 atom stereocenters. The molecule has 0 radical (unpaired) electrons. The zero-order chi connectivity index (χ0) is 13.9. The summed E-state index contributed by atoms with van der Waals surface area (Å²) in [5.74, 6) is 0.778. The predicted molar refractivity (Wildman–Crippen MR) is 74.3 cm³/mol. The smallest absolute Gasteiger partial charge is 0.373 e. The van der Waals surface area contributed by atoms with E-state index in [1.165, 1.54) is 12.7 Å². The molecule has 4 nitrogen and oxygen atoms in total. The number of benzene rings is 1. The Morgan fingerprint density at radius 3 is 2.90 bits per heavy atom. The first-order chi connectivity index (χ1) is 9.76. The molecule has 4 heteroatoms. The molecule has 1 aromatic heterocycles. The van der Waals surface area contributed by atoms with Crippen molar-refractivity contribution in [1.29, 1.82) is 0 Å². The van der Waals surface area contributed by atoms with Gasteiger partial charge < -0.3 is 9.15 Å². The molecule has 0 aliphatic carbocycles. The zero-order valence-electron chi connectivity index (χ0n) is 11.5. The highest BCUT2D eigenvalue weighted by Crippen LogP contribution is 2.24. The summed E-state index contributed by atoms with van der Waals surface area (Å²) in [4.78, 5) is 13.8. The normalized spacial score (nSPS) is 14.8. The fraction of sp³-hybridized carbons (Fsp3) is 0.312. The second kappa shape index (κ2) is 5.51. The van der Waals surface area contributed by atoms with Crippen LogP contribution in [0.25, 0.3) is 0 Å². The average molecular weight is 271 g/mol. The molecule has 2 aromatic rings. The molecule has 0 fully saturated rings. The minimum Gasteiger partial charge on any atom is -0.463 e. The minimum atomic E-state index is -0.408. The summed E-state index contributed by atoms with van der Waals surface area (Å²) < 4.78 is 10.3. The first-order valence-electron chi connectivity index (χ1n) is 6.72. The van der Waals surface area contributed by atoms with Crippen LogP contribution in [-0.2, 0) is 24.2 Å². The van der Waals surface area contributed by atoms with E-state index in [0.717, 1.165) is 37.4 Å². The van der Waals surface area contributed by atoms with E-state index < -0.39 is 5.97 Å². The summed E-state index contributed by atoms with van der Waals surface area (Å²) in [6.07, 6.45) is 0.905. The van der Waals surface area contributed by atoms with Gasteiger partial charge in [0.2, 0.25) is 5.76 Å². The number of carbonyl (C=O) groups is 1. The van der Waals surface area contributed by atoms with Crippen molar-refractivity contribution < 1.29 is 13.9 Å². The molecule has 0 bridgehead atoms. The van der Waals surface area contributed by atoms with Gasteiger partial charge in [-0.25, -0.2) is 4.79 Å². The lowest BCUT2D eigenvalue weighted by Gasteiger charge is -2.25. The summed E-state index contributed by atoms with van der Waals surface area (Å²) in [6, 6.07) is 12.2. The molecule has 0 N–H and O–H groups in total. The van der Waals surface area contributed by atoms with Gasteiger partial charge in [-0.3, -0.25) is 4.90 Å². The molecule has 20 heavy (non-hydrogen) atoms. The summed E-state index contributed by atoms with van der Waals surface area (Å²) in [6.45, 7) is 2.61. The first-order valence-corrected chi connectivity index (χ1v) is 6.72. The van der Waals surface area contributed by atoms with Gasteiger partial charge in [-0.2, -0.15) is 0 Å². The fourth-order valence-electron chi connectivity index (χ4n) is 2.55. The number of hydrogen-bond donors (Lipinski definition) is 0. The van der Waals surface area contributed by atoms with E-state index in [9.17, 15) is 4.79 Å². The highest BCUT2D eigenvalue weighted by atomic mass is 16.5. The van der Waals surface area contributed by atoms with E-state index in [-0.39, 0.29) is 0 Å². The average Bonchev–Trinajstić information content (AvgIpc) is 2.90. The number of nitrogens with zero attached hydrogens (tertiary/aromatic N) is 1. The van der Waals surface area contributed by atoms with E-state index in [1.807, 2.05) is 18.2 Å². The Balaban J connectivity index is 1.72. The Hall–Kier alpha value is -2.07. The molecule has 0 saturated carbocycles. The molecule has 1 aliphatic heterocycles. The monoisotopic (exact) mass is 271 g/mol. The maximum atomic E-state index is 11.5. The minimum absolute atomic E-state index is 0.305. The molecule has 1 aromatic carbocycles. The van der Waals surface area contributed by atoms with Crippen LogP contribution in [-0.4, -0.2) is 24.5 Å². The Labute approximate surface area is 118 Å². The number of carbonyl (C=O) groups excluding carboxylic acids is 1. The standard InChI is InChI=1S/C16H17NO3/c1-19-16(18)14-9-13-7-8-17(11-15(13)20-14)10-12-5-3-2-4-6-12/h2-6,9H,7-8,10-11H2,1H3. The largest absolute Gasteiger partial charge is 0.463 e. The predicted octanol–water partition coefficient (Wildman–Crippen LogP) is 2.62. The molecule has 104 valence electrons. The number of furan rings is 1. The number of methoxy groups -OCH3 is 1. The van der Waals surface area contributed by atoms with Gasteiger partial charge in [-0.05, 0) is 23.6 Å². The molecule has 0 unspecified atom stereocenters. The van der Waals surface area contributed by atoms with Crippen LogP contribution in [0.15, 0.2) is 40.8 Å². The van der Waals surface area contributed by atoms with Gasteiger partial charge in [0, 0.05) is 13.1 Å². The molecule has 0 amide bonds. The molecule has 2 heterocycles. The number of hydrogen-bond acceptors (Lipinski definition) is 4. The molecule has 1 aliphatic rings. The lowest BCUT2D eigenvalue weighted by molar-refractivity contribution is 0.0560. The lowest BCUT2D eigenvalue weighted by Crippen LogP contribution is -2.29. The Kier molecular flexibility index (Phi) is 3.56. The number of esters is 1. The van der Waals surface area contributed by atoms with E-state index >= 15 is 0 Å². The maximum absolute atomic E-state index is 11.5. The summed E-state index contributed by atoms with van der Waals surface area (Å²) in [7, 11) is 1.37. The summed E-state index contributed by atoms with van der Waals surface area (Å²) in [5, 5.41) is 0. The number of rotatable bonds is 3. The van der Waals surface area contributed by atoms with Crippen LogP contribution in [0.4, 0.5) is 0 Å². The van der Waals surface area contributed by atoms with Crippen molar-refractivity contribution in [1.82, 2.24) is 4.90 Å². The van der Waals surface area contributed by atoms with Gasteiger partial charge in [-0.1, -0.05) is 30.3 Å². The third kappa shape index (κ3) is 2.60. The number of fused-ring (bicyclic) bond motifs is 1. The van der Waals surface area contributed by atoms with Crippen LogP contribution in [0.5, 0.6) is 0 Å². The van der Waals surface area contributed by atoms with E-state index in [4.69, 9.17) is 9.15 Å². The van der Waals surface area contributed by atoms with E-state index in [2.05, 4.69) is 17.0 Å². The Bertz CT molecular complexity index is 603. The van der Waals surface area contributed by atoms with Gasteiger partial charge >= 0.3 is 5.97 Å². The van der Waals surface area contributed by atoms with Crippen LogP contribution in [0.3, 0.4) is 0 Å². The van der Waals surface area contributed by atoms with Crippen LogP contribution >= 0.6 is 0 Å². The topological polar surface area (TPSA) is 42.7 Å². The molecule has 0 saturated heterocycles. The van der Waals surface area contributed by atoms with Crippen molar-refractivity contribution in [3.05, 3.63) is 59.0 Å². The zero-order valence-corrected chi connectivity index (χ0v) is 11.5. The van der Waals surface area contributed by atoms with E-state index in [1.54, 1.807) is 6.07 Å². The SMILES string of the molecule is COC(=O)c1cc2c(o1)CN(Cc1ccccc1)CC2. The second-order valence-electron chi connectivity index (χ2n) is 5.00. The molecular formula is C16H17NO3. The Morgan fingerprint density at radius 1 is 1.35 bits per heavy atom. The van der Waals surface area contributed by atoms with E-state index in [0.29, 0.717) is 5.76 Å². The van der Waals surface area contributed by atoms with Gasteiger partial charge in [0.05, 0.1) is 13.7 Å². The van der Waals surface area contributed by atoms with Crippen molar-refractivity contribution in [2.24, 2.45) is 0 Å². The summed E-state index contributed by atoms with van der Waals surface area (Å²) >= 11 is 0. The summed E-state index contributed by atoms with van der Waals surface area (Å²) in [5.41, 5.74) is 2.41. The van der Waals surface area contributed by atoms with Gasteiger partial charge in [-0.15, -0.1) is 0 Å². The first kappa shape index (κ1) is 12.9. The van der Waals surface area contributed by atoms with Crippen LogP contribution < -0.4 is 0 Å². The van der Waals surface area contributed by atoms with Crippen molar-refractivity contribution in [3.8, 4) is 0 Å². The van der Waals surface area contributed by atoms with Gasteiger partial charge in [0.25, 0.3) is 0 Å². The third-order valence-electron chi connectivity index (χ3n) is 3.60. The maximum Gasteiger partial charge on any atom is 0.373 e. The quantitative estimate of drug-likeness (QED) is 0.805. The van der Waals surface area contributed by atoms with Crippen LogP contribution in [0.2, 0.25) is 0 Å². The highest BCUT2D eigenvalue weighted by Gasteiger charge is 2.23. The Morgan fingerprint density at radius 2 is 2.15 bits per heavy atom. The lowest BCUT2D eigenvalue weighted by atomic mass is 10.1. The van der Waals surface area contributed by atoms with Crippen molar-refractivity contribution in [2.75, 3.05) is 13.7 Å². The van der Waals surface area contributed by atoms with Gasteiger partial charge in [0.15, 0.2) is 0 Å². The van der Waals surface area contributed by atoms with Crippen molar-refractivity contribution >= 4 is 5.97 Å². The van der Waals surface area contributed by atoms with Crippen molar-refractivity contribution in [2.45, 2.75) is 19.5 Å².